The second-order valence-corrected chi connectivity index (χ2v) is 2.86. The van der Waals surface area contributed by atoms with Crippen LogP contribution in [0, 0.1) is 5.82 Å². The number of halogens is 1. The fourth-order valence-corrected chi connectivity index (χ4v) is 1.04. The average molecular weight is 180 g/mol. The van der Waals surface area contributed by atoms with Crippen molar-refractivity contribution in [2.75, 3.05) is 6.54 Å². The third kappa shape index (κ3) is 2.95. The molecule has 0 aliphatic heterocycles. The molecule has 1 heterocycles. The van der Waals surface area contributed by atoms with E-state index in [0.717, 1.165) is 5.56 Å². The van der Waals surface area contributed by atoms with Gasteiger partial charge in [0.1, 0.15) is 5.82 Å². The summed E-state index contributed by atoms with van der Waals surface area (Å²) in [6, 6.07) is 1.58. The molecule has 1 unspecified atom stereocenters. The molecule has 1 N–H and O–H groups in total. The van der Waals surface area contributed by atoms with E-state index < -0.39 is 0 Å². The molecule has 70 valence electrons. The van der Waals surface area contributed by atoms with Crippen molar-refractivity contribution in [2.24, 2.45) is 0 Å². The molecule has 0 fully saturated rings. The Morgan fingerprint density at radius 1 is 1.69 bits per heavy atom. The van der Waals surface area contributed by atoms with Crippen LogP contribution in [0.4, 0.5) is 4.39 Å². The number of hydrogen-bond acceptors (Lipinski definition) is 2. The van der Waals surface area contributed by atoms with Gasteiger partial charge in [0.05, 0.1) is 6.20 Å². The number of nitrogens with one attached hydrogen (secondary N) is 1. The van der Waals surface area contributed by atoms with Crippen molar-refractivity contribution in [3.8, 4) is 0 Å². The summed E-state index contributed by atoms with van der Waals surface area (Å²) in [5.41, 5.74) is 0.849. The Hall–Kier alpha value is -1.22. The topological polar surface area (TPSA) is 24.9 Å². The van der Waals surface area contributed by atoms with Gasteiger partial charge in [0, 0.05) is 18.8 Å². The molecule has 0 bridgehead atoms. The fraction of sp³-hybridized carbons (Fsp3) is 0.300. The van der Waals surface area contributed by atoms with Crippen molar-refractivity contribution < 1.29 is 4.39 Å². The highest BCUT2D eigenvalue weighted by Crippen LogP contribution is 2.11. The highest BCUT2D eigenvalue weighted by molar-refractivity contribution is 5.14. The normalized spacial score (nSPS) is 12.5. The molecule has 13 heavy (non-hydrogen) atoms. The number of nitrogens with zero attached hydrogens (tertiary/aromatic N) is 1. The largest absolute Gasteiger partial charge is 0.307 e. The van der Waals surface area contributed by atoms with Gasteiger partial charge in [0.25, 0.3) is 0 Å². The molecule has 0 spiro atoms. The smallest absolute Gasteiger partial charge is 0.141 e. The van der Waals surface area contributed by atoms with Gasteiger partial charge in [-0.15, -0.1) is 6.58 Å². The first-order chi connectivity index (χ1) is 6.24. The molecule has 1 aromatic heterocycles. The van der Waals surface area contributed by atoms with E-state index in [2.05, 4.69) is 16.9 Å². The summed E-state index contributed by atoms with van der Waals surface area (Å²) in [4.78, 5) is 3.77. The van der Waals surface area contributed by atoms with Gasteiger partial charge in [-0.1, -0.05) is 6.08 Å². The molecule has 1 aromatic rings. The number of pyridine rings is 1. The maximum atomic E-state index is 12.7. The lowest BCUT2D eigenvalue weighted by Gasteiger charge is -2.11. The van der Waals surface area contributed by atoms with Crippen LogP contribution in [-0.4, -0.2) is 11.5 Å². The van der Waals surface area contributed by atoms with E-state index in [4.69, 9.17) is 0 Å². The zero-order valence-electron chi connectivity index (χ0n) is 7.63. The molecule has 0 aromatic carbocycles. The van der Waals surface area contributed by atoms with Gasteiger partial charge in [-0.05, 0) is 18.6 Å². The maximum absolute atomic E-state index is 12.7. The van der Waals surface area contributed by atoms with Gasteiger partial charge >= 0.3 is 0 Å². The zero-order chi connectivity index (χ0) is 9.68. The second-order valence-electron chi connectivity index (χ2n) is 2.86. The van der Waals surface area contributed by atoms with Gasteiger partial charge in [0.2, 0.25) is 0 Å². The first-order valence-electron chi connectivity index (χ1n) is 4.18. The molecule has 0 aliphatic carbocycles. The molecule has 0 aliphatic rings. The summed E-state index contributed by atoms with van der Waals surface area (Å²) in [6.45, 7) is 6.26. The van der Waals surface area contributed by atoms with Crippen LogP contribution in [-0.2, 0) is 0 Å². The van der Waals surface area contributed by atoms with E-state index in [1.54, 1.807) is 12.3 Å². The highest BCUT2D eigenvalue weighted by atomic mass is 19.1. The first kappa shape index (κ1) is 9.86. The highest BCUT2D eigenvalue weighted by Gasteiger charge is 2.04. The molecule has 1 atom stereocenters. The van der Waals surface area contributed by atoms with E-state index in [0.29, 0.717) is 6.54 Å². The van der Waals surface area contributed by atoms with Crippen LogP contribution in [0.5, 0.6) is 0 Å². The third-order valence-corrected chi connectivity index (χ3v) is 1.79. The van der Waals surface area contributed by atoms with E-state index in [1.807, 2.05) is 6.92 Å². The van der Waals surface area contributed by atoms with Gasteiger partial charge in [0.15, 0.2) is 0 Å². The minimum atomic E-state index is -0.301. The van der Waals surface area contributed by atoms with Crippen LogP contribution in [0.15, 0.2) is 31.1 Å². The molecule has 3 heteroatoms. The van der Waals surface area contributed by atoms with Gasteiger partial charge in [-0.3, -0.25) is 4.98 Å². The van der Waals surface area contributed by atoms with Crippen LogP contribution in [0.1, 0.15) is 18.5 Å². The van der Waals surface area contributed by atoms with Crippen molar-refractivity contribution in [1.82, 2.24) is 10.3 Å². The summed E-state index contributed by atoms with van der Waals surface area (Å²) < 4.78 is 12.7. The van der Waals surface area contributed by atoms with E-state index in [9.17, 15) is 4.39 Å². The van der Waals surface area contributed by atoms with Crippen LogP contribution in [0.3, 0.4) is 0 Å². The average Bonchev–Trinajstić information content (AvgIpc) is 2.14. The molecular weight excluding hydrogens is 167 g/mol. The predicted octanol–water partition coefficient (Wildman–Crippen LogP) is 2.06. The van der Waals surface area contributed by atoms with Crippen molar-refractivity contribution in [1.29, 1.82) is 0 Å². The Labute approximate surface area is 77.5 Å². The van der Waals surface area contributed by atoms with Crippen molar-refractivity contribution in [2.45, 2.75) is 13.0 Å². The summed E-state index contributed by atoms with van der Waals surface area (Å²) in [7, 11) is 0. The lowest BCUT2D eigenvalue weighted by molar-refractivity contribution is 0.588. The van der Waals surface area contributed by atoms with Gasteiger partial charge in [-0.25, -0.2) is 4.39 Å². The Bertz CT molecular complexity index is 286. The quantitative estimate of drug-likeness (QED) is 0.717. The molecule has 0 saturated heterocycles. The van der Waals surface area contributed by atoms with Crippen molar-refractivity contribution >= 4 is 0 Å². The Kier molecular flexibility index (Phi) is 3.58. The number of aromatic nitrogens is 1. The van der Waals surface area contributed by atoms with E-state index in [-0.39, 0.29) is 11.9 Å². The number of rotatable bonds is 4. The Balaban J connectivity index is 2.65. The first-order valence-corrected chi connectivity index (χ1v) is 4.18. The minimum Gasteiger partial charge on any atom is -0.307 e. The Morgan fingerprint density at radius 3 is 3.08 bits per heavy atom. The second kappa shape index (κ2) is 4.72. The summed E-state index contributed by atoms with van der Waals surface area (Å²) in [5, 5.41) is 3.15. The van der Waals surface area contributed by atoms with Crippen molar-refractivity contribution in [3.63, 3.8) is 0 Å². The van der Waals surface area contributed by atoms with Crippen molar-refractivity contribution in [3.05, 3.63) is 42.5 Å². The van der Waals surface area contributed by atoms with Gasteiger partial charge in [-0.2, -0.15) is 0 Å². The molecule has 1 rings (SSSR count). The Morgan fingerprint density at radius 2 is 2.46 bits per heavy atom. The van der Waals surface area contributed by atoms with Gasteiger partial charge < -0.3 is 5.32 Å². The summed E-state index contributed by atoms with van der Waals surface area (Å²) in [6.07, 6.45) is 4.62. The van der Waals surface area contributed by atoms with Crippen LogP contribution in [0.25, 0.3) is 0 Å². The minimum absolute atomic E-state index is 0.0983. The third-order valence-electron chi connectivity index (χ3n) is 1.79. The van der Waals surface area contributed by atoms with Crippen LogP contribution in [0.2, 0.25) is 0 Å². The molecule has 0 amide bonds. The summed E-state index contributed by atoms with van der Waals surface area (Å²) in [5.74, 6) is -0.301. The fourth-order valence-electron chi connectivity index (χ4n) is 1.04. The number of hydrogen-bond donors (Lipinski definition) is 1. The SMILES string of the molecule is C=CCNC(C)c1cncc(F)c1. The van der Waals surface area contributed by atoms with E-state index in [1.165, 1.54) is 12.3 Å². The zero-order valence-corrected chi connectivity index (χ0v) is 7.63. The lowest BCUT2D eigenvalue weighted by Crippen LogP contribution is -2.18. The monoisotopic (exact) mass is 180 g/mol. The molecule has 0 saturated carbocycles. The molecular formula is C10H13FN2. The summed E-state index contributed by atoms with van der Waals surface area (Å²) >= 11 is 0. The molecule has 0 radical (unpaired) electrons. The lowest BCUT2D eigenvalue weighted by atomic mass is 10.1. The van der Waals surface area contributed by atoms with Crippen LogP contribution >= 0.6 is 0 Å². The predicted molar refractivity (Wildman–Crippen MR) is 50.8 cm³/mol. The van der Waals surface area contributed by atoms with Crippen LogP contribution < -0.4 is 5.32 Å². The standard InChI is InChI=1S/C10H13FN2/c1-3-4-13-8(2)9-5-10(11)7-12-6-9/h3,5-8,13H,1,4H2,2H3. The van der Waals surface area contributed by atoms with E-state index >= 15 is 0 Å². The molecule has 2 nitrogen and oxygen atoms in total. The maximum Gasteiger partial charge on any atom is 0.141 e.